The van der Waals surface area contributed by atoms with Gasteiger partial charge in [0.1, 0.15) is 16.4 Å². The summed E-state index contributed by atoms with van der Waals surface area (Å²) in [6.45, 7) is 4.89. The number of carbonyl (C=O) groups excluding carboxylic acids is 4. The van der Waals surface area contributed by atoms with Crippen molar-refractivity contribution in [2.45, 2.75) is 49.2 Å². The van der Waals surface area contributed by atoms with Gasteiger partial charge >= 0.3 is 0 Å². The normalized spacial score (nSPS) is 16.6. The molecule has 3 unspecified atom stereocenters. The molecule has 0 aliphatic carbocycles. The molecule has 0 radical (unpaired) electrons. The van der Waals surface area contributed by atoms with Crippen molar-refractivity contribution in [2.24, 2.45) is 29.0 Å². The molecule has 9 nitrogen and oxygen atoms in total. The SMILES string of the molecule is CC(C)C(C)CC(=O)N(C=O)c1c(F)c(F)c(-c2c(F)c(F)c(N3C(=O)CC(SCCSC(N)(N)C(N)S)C3=O)c(F)c2F)c(F)c1F. The Labute approximate surface area is 282 Å². The fraction of sp³-hybridized carbons (Fsp3) is 0.429. The number of hydrogen-bond acceptors (Lipinski definition) is 10. The maximum Gasteiger partial charge on any atom is 0.247 e. The van der Waals surface area contributed by atoms with Crippen LogP contribution in [0.5, 0.6) is 0 Å². The Morgan fingerprint density at radius 2 is 1.40 bits per heavy atom. The third-order valence-electron chi connectivity index (χ3n) is 7.53. The third kappa shape index (κ3) is 7.47. The molecule has 6 N–H and O–H groups in total. The summed E-state index contributed by atoms with van der Waals surface area (Å²) >= 11 is 5.68. The Morgan fingerprint density at radius 3 is 1.83 bits per heavy atom. The highest BCUT2D eigenvalue weighted by molar-refractivity contribution is 8.04. The largest absolute Gasteiger partial charge is 0.316 e. The van der Waals surface area contributed by atoms with Gasteiger partial charge in [-0.2, -0.15) is 12.6 Å². The summed E-state index contributed by atoms with van der Waals surface area (Å²) in [7, 11) is 0. The van der Waals surface area contributed by atoms with E-state index in [9.17, 15) is 19.2 Å². The zero-order chi connectivity index (χ0) is 36.6. The molecule has 48 heavy (non-hydrogen) atoms. The lowest BCUT2D eigenvalue weighted by molar-refractivity contribution is -0.123. The average Bonchev–Trinajstić information content (AvgIpc) is 3.29. The Morgan fingerprint density at radius 1 is 0.917 bits per heavy atom. The standard InChI is InChI=1S/C28H29F8N5O4S3/c1-9(2)10(3)6-12(43)40(8-42)24-20(33)16(29)14(17(30)21(24)34)15-18(31)22(35)25(23(36)19(15)32)41-13(44)7-11(26(41)45)47-4-5-48-28(38,39)27(37)46/h8-11,27,46H,4-7,37-39H2,1-3H3. The Kier molecular flexibility index (Phi) is 12.6. The van der Waals surface area contributed by atoms with Crippen LogP contribution in [0.1, 0.15) is 33.6 Å². The second-order valence-electron chi connectivity index (χ2n) is 11.0. The zero-order valence-corrected chi connectivity index (χ0v) is 27.8. The molecule has 4 amide bonds. The van der Waals surface area contributed by atoms with Gasteiger partial charge < -0.3 is 17.2 Å². The number of carbonyl (C=O) groups is 4. The van der Waals surface area contributed by atoms with Crippen LogP contribution in [-0.4, -0.2) is 51.3 Å². The summed E-state index contributed by atoms with van der Waals surface area (Å²) in [6.07, 6.45) is -1.63. The minimum Gasteiger partial charge on any atom is -0.316 e. The summed E-state index contributed by atoms with van der Waals surface area (Å²) in [5.74, 6) is -24.8. The first-order valence-electron chi connectivity index (χ1n) is 13.8. The summed E-state index contributed by atoms with van der Waals surface area (Å²) in [4.78, 5) is 47.7. The van der Waals surface area contributed by atoms with E-state index in [1.807, 2.05) is 0 Å². The van der Waals surface area contributed by atoms with Gasteiger partial charge in [-0.3, -0.25) is 19.2 Å². The fourth-order valence-corrected chi connectivity index (χ4v) is 6.66. The lowest BCUT2D eigenvalue weighted by Crippen LogP contribution is -2.57. The molecular formula is C28H29F8N5O4S3. The lowest BCUT2D eigenvalue weighted by atomic mass is 9.94. The van der Waals surface area contributed by atoms with E-state index in [1.165, 1.54) is 6.92 Å². The second-order valence-corrected chi connectivity index (χ2v) is 14.3. The lowest BCUT2D eigenvalue weighted by Gasteiger charge is -2.27. The quantitative estimate of drug-likeness (QED) is 0.0441. The van der Waals surface area contributed by atoms with E-state index in [1.54, 1.807) is 13.8 Å². The van der Waals surface area contributed by atoms with Gasteiger partial charge in [-0.25, -0.2) is 44.9 Å². The van der Waals surface area contributed by atoms with E-state index in [-0.39, 0.29) is 27.2 Å². The molecule has 3 atom stereocenters. The summed E-state index contributed by atoms with van der Waals surface area (Å²) < 4.78 is 122. The molecule has 20 heteroatoms. The molecule has 1 aliphatic rings. The number of benzene rings is 2. The van der Waals surface area contributed by atoms with Crippen LogP contribution >= 0.6 is 36.2 Å². The molecule has 0 spiro atoms. The summed E-state index contributed by atoms with van der Waals surface area (Å²) in [5, 5.41) is -2.24. The fourth-order valence-electron chi connectivity index (χ4n) is 4.40. The number of hydrogen-bond donors (Lipinski definition) is 4. The van der Waals surface area contributed by atoms with Gasteiger partial charge in [-0.05, 0) is 11.8 Å². The van der Waals surface area contributed by atoms with Gasteiger partial charge in [0.15, 0.2) is 46.5 Å². The highest BCUT2D eigenvalue weighted by Crippen LogP contribution is 2.43. The monoisotopic (exact) mass is 747 g/mol. The Bertz CT molecular complexity index is 1590. The van der Waals surface area contributed by atoms with Gasteiger partial charge in [0.25, 0.3) is 0 Å². The highest BCUT2D eigenvalue weighted by Gasteiger charge is 2.45. The van der Waals surface area contributed by atoms with Crippen molar-refractivity contribution < 1.29 is 54.3 Å². The number of nitrogens with two attached hydrogens (primary N) is 3. The summed E-state index contributed by atoms with van der Waals surface area (Å²) in [6, 6.07) is 0. The van der Waals surface area contributed by atoms with E-state index < -0.39 is 128 Å². The predicted molar refractivity (Wildman–Crippen MR) is 168 cm³/mol. The van der Waals surface area contributed by atoms with E-state index in [4.69, 9.17) is 17.2 Å². The minimum atomic E-state index is -2.62. The molecule has 264 valence electrons. The van der Waals surface area contributed by atoms with Crippen LogP contribution in [0.15, 0.2) is 0 Å². The number of nitrogens with zero attached hydrogens (tertiary/aromatic N) is 2. The number of thiol groups is 1. The first-order valence-corrected chi connectivity index (χ1v) is 16.4. The summed E-state index contributed by atoms with van der Waals surface area (Å²) in [5.41, 5.74) is 8.71. The highest BCUT2D eigenvalue weighted by atomic mass is 32.2. The third-order valence-corrected chi connectivity index (χ3v) is 10.8. The van der Waals surface area contributed by atoms with Crippen molar-refractivity contribution in [1.82, 2.24) is 0 Å². The average molecular weight is 748 g/mol. The van der Waals surface area contributed by atoms with E-state index in [2.05, 4.69) is 12.6 Å². The molecule has 3 rings (SSSR count). The predicted octanol–water partition coefficient (Wildman–Crippen LogP) is 4.52. The van der Waals surface area contributed by atoms with Crippen molar-refractivity contribution in [3.8, 4) is 11.1 Å². The Hall–Kier alpha value is -2.91. The molecule has 1 aliphatic heterocycles. The van der Waals surface area contributed by atoms with Crippen LogP contribution in [0.4, 0.5) is 46.5 Å². The van der Waals surface area contributed by atoms with E-state index in [0.29, 0.717) is 0 Å². The van der Waals surface area contributed by atoms with Crippen LogP contribution in [0.2, 0.25) is 0 Å². The molecule has 2 aromatic carbocycles. The molecule has 0 bridgehead atoms. The number of amides is 4. The number of thioether (sulfide) groups is 2. The maximum atomic E-state index is 15.3. The smallest absolute Gasteiger partial charge is 0.247 e. The van der Waals surface area contributed by atoms with Gasteiger partial charge in [0.05, 0.1) is 21.8 Å². The van der Waals surface area contributed by atoms with Crippen molar-refractivity contribution in [3.63, 3.8) is 0 Å². The van der Waals surface area contributed by atoms with Crippen LogP contribution in [0.3, 0.4) is 0 Å². The number of anilines is 2. The molecule has 0 aromatic heterocycles. The topological polar surface area (TPSA) is 153 Å². The molecule has 0 saturated carbocycles. The first-order chi connectivity index (χ1) is 22.2. The molecule has 2 aromatic rings. The zero-order valence-electron chi connectivity index (χ0n) is 25.3. The van der Waals surface area contributed by atoms with Gasteiger partial charge in [0, 0.05) is 24.3 Å². The number of halogens is 8. The molecule has 1 saturated heterocycles. The van der Waals surface area contributed by atoms with Gasteiger partial charge in [0.2, 0.25) is 24.1 Å². The van der Waals surface area contributed by atoms with Crippen molar-refractivity contribution in [1.29, 1.82) is 0 Å². The molecule has 1 fully saturated rings. The van der Waals surface area contributed by atoms with Crippen molar-refractivity contribution >= 4 is 71.7 Å². The van der Waals surface area contributed by atoms with Crippen LogP contribution in [0, 0.1) is 58.4 Å². The minimum absolute atomic E-state index is 0.0843. The molecular weight excluding hydrogens is 719 g/mol. The number of rotatable bonds is 13. The van der Waals surface area contributed by atoms with Crippen LogP contribution < -0.4 is 27.0 Å². The van der Waals surface area contributed by atoms with E-state index >= 15 is 35.1 Å². The maximum absolute atomic E-state index is 15.3. The Balaban J connectivity index is 2.04. The van der Waals surface area contributed by atoms with Crippen LogP contribution in [-0.2, 0) is 19.2 Å². The van der Waals surface area contributed by atoms with E-state index in [0.717, 1.165) is 23.5 Å². The first kappa shape index (κ1) is 39.5. The van der Waals surface area contributed by atoms with Crippen molar-refractivity contribution in [2.75, 3.05) is 21.3 Å². The number of imide groups is 2. The molecule has 1 heterocycles. The van der Waals surface area contributed by atoms with Gasteiger partial charge in [-0.1, -0.05) is 20.8 Å². The second kappa shape index (κ2) is 15.3. The van der Waals surface area contributed by atoms with Crippen molar-refractivity contribution in [3.05, 3.63) is 46.5 Å². The van der Waals surface area contributed by atoms with Crippen LogP contribution in [0.25, 0.3) is 11.1 Å². The van der Waals surface area contributed by atoms with Gasteiger partial charge in [-0.15, -0.1) is 23.5 Å².